The normalized spacial score (nSPS) is 10.5. The second-order valence-corrected chi connectivity index (χ2v) is 5.26. The third-order valence-corrected chi connectivity index (χ3v) is 3.59. The van der Waals surface area contributed by atoms with E-state index in [4.69, 9.17) is 21.4 Å². The summed E-state index contributed by atoms with van der Waals surface area (Å²) in [5.74, 6) is -0.396. The van der Waals surface area contributed by atoms with Gasteiger partial charge in [-0.15, -0.1) is 0 Å². The molecule has 0 aliphatic rings. The number of fused-ring (bicyclic) bond motifs is 1. The number of nitrogens with zero attached hydrogens (tertiary/aromatic N) is 1. The Morgan fingerprint density at radius 3 is 2.58 bits per heavy atom. The molecular formula is C17H12ClNO5. The van der Waals surface area contributed by atoms with Crippen LogP contribution in [0.5, 0.6) is 17.4 Å². The van der Waals surface area contributed by atoms with Gasteiger partial charge in [-0.25, -0.2) is 4.79 Å². The van der Waals surface area contributed by atoms with Gasteiger partial charge in [0.15, 0.2) is 5.75 Å². The van der Waals surface area contributed by atoms with Gasteiger partial charge < -0.3 is 19.7 Å². The topological polar surface area (TPSA) is 88.9 Å². The van der Waals surface area contributed by atoms with E-state index in [9.17, 15) is 9.90 Å². The Hall–Kier alpha value is -2.99. The number of carbonyl (C=O) groups is 1. The van der Waals surface area contributed by atoms with Crippen LogP contribution < -0.4 is 9.47 Å². The molecule has 0 saturated heterocycles. The summed E-state index contributed by atoms with van der Waals surface area (Å²) in [6.45, 7) is 0.352. The van der Waals surface area contributed by atoms with E-state index in [-0.39, 0.29) is 10.5 Å². The van der Waals surface area contributed by atoms with Crippen LogP contribution >= 0.6 is 11.6 Å². The molecule has 0 bridgehead atoms. The molecule has 0 unspecified atom stereocenters. The molecule has 3 aromatic rings. The van der Waals surface area contributed by atoms with Crippen LogP contribution in [-0.2, 0) is 6.61 Å². The van der Waals surface area contributed by atoms with Gasteiger partial charge in [0, 0.05) is 10.8 Å². The average Bonchev–Trinajstić information content (AvgIpc) is 2.58. The SMILES string of the molecule is O=C(O)Oc1nc(Cl)c2ccc(OCc3ccccc3)cc2c1O. The summed E-state index contributed by atoms with van der Waals surface area (Å²) in [7, 11) is 0. The van der Waals surface area contributed by atoms with Gasteiger partial charge in [-0.3, -0.25) is 0 Å². The first-order valence-electron chi connectivity index (χ1n) is 6.94. The molecule has 2 aromatic carbocycles. The van der Waals surface area contributed by atoms with Crippen molar-refractivity contribution in [3.8, 4) is 17.4 Å². The van der Waals surface area contributed by atoms with E-state index in [0.29, 0.717) is 17.7 Å². The number of pyridine rings is 1. The summed E-state index contributed by atoms with van der Waals surface area (Å²) in [5, 5.41) is 19.6. The van der Waals surface area contributed by atoms with Gasteiger partial charge in [-0.05, 0) is 23.8 Å². The Kier molecular flexibility index (Phi) is 4.39. The summed E-state index contributed by atoms with van der Waals surface area (Å²) in [6.07, 6.45) is -1.59. The molecule has 7 heteroatoms. The highest BCUT2D eigenvalue weighted by Crippen LogP contribution is 2.38. The standard InChI is InChI=1S/C17H12ClNO5/c18-15-12-7-6-11(23-9-10-4-2-1-3-5-10)8-13(12)14(20)16(19-15)24-17(21)22/h1-8,20H,9H2,(H,21,22). The Balaban J connectivity index is 1.94. The third-order valence-electron chi connectivity index (χ3n) is 3.30. The van der Waals surface area contributed by atoms with Crippen molar-refractivity contribution in [3.63, 3.8) is 0 Å². The molecule has 0 fully saturated rings. The lowest BCUT2D eigenvalue weighted by Gasteiger charge is -2.10. The predicted molar refractivity (Wildman–Crippen MR) is 87.8 cm³/mol. The molecular weight excluding hydrogens is 334 g/mol. The zero-order valence-corrected chi connectivity index (χ0v) is 13.0. The van der Waals surface area contributed by atoms with Crippen molar-refractivity contribution in [2.24, 2.45) is 0 Å². The Morgan fingerprint density at radius 2 is 1.88 bits per heavy atom. The van der Waals surface area contributed by atoms with Gasteiger partial charge in [-0.1, -0.05) is 41.9 Å². The van der Waals surface area contributed by atoms with E-state index in [0.717, 1.165) is 5.56 Å². The molecule has 0 aliphatic carbocycles. The Morgan fingerprint density at radius 1 is 1.12 bits per heavy atom. The molecule has 6 nitrogen and oxygen atoms in total. The van der Waals surface area contributed by atoms with Crippen molar-refractivity contribution in [1.82, 2.24) is 4.98 Å². The number of ether oxygens (including phenoxy) is 2. The summed E-state index contributed by atoms with van der Waals surface area (Å²) in [6, 6.07) is 14.5. The second-order valence-electron chi connectivity index (χ2n) is 4.91. The summed E-state index contributed by atoms with van der Waals surface area (Å²) in [4.78, 5) is 14.4. The number of halogens is 1. The summed E-state index contributed by atoms with van der Waals surface area (Å²) < 4.78 is 10.1. The van der Waals surface area contributed by atoms with E-state index in [1.807, 2.05) is 30.3 Å². The lowest BCUT2D eigenvalue weighted by molar-refractivity contribution is 0.141. The zero-order chi connectivity index (χ0) is 17.1. The number of benzene rings is 2. The molecule has 24 heavy (non-hydrogen) atoms. The molecule has 0 aliphatic heterocycles. The van der Waals surface area contributed by atoms with E-state index in [2.05, 4.69) is 9.72 Å². The smallest absolute Gasteiger partial charge is 0.503 e. The van der Waals surface area contributed by atoms with Gasteiger partial charge in [0.1, 0.15) is 17.5 Å². The zero-order valence-electron chi connectivity index (χ0n) is 12.3. The third kappa shape index (κ3) is 3.33. The highest BCUT2D eigenvalue weighted by atomic mass is 35.5. The minimum absolute atomic E-state index is 0.0219. The van der Waals surface area contributed by atoms with Gasteiger partial charge >= 0.3 is 6.16 Å². The van der Waals surface area contributed by atoms with E-state index in [1.165, 1.54) is 0 Å². The first-order chi connectivity index (χ1) is 11.5. The minimum Gasteiger partial charge on any atom is -0.503 e. The van der Waals surface area contributed by atoms with Crippen LogP contribution in [-0.4, -0.2) is 21.4 Å². The highest BCUT2D eigenvalue weighted by Gasteiger charge is 2.16. The summed E-state index contributed by atoms with van der Waals surface area (Å²) in [5.41, 5.74) is 0.990. The Labute approximate surface area is 141 Å². The lowest BCUT2D eigenvalue weighted by Crippen LogP contribution is -2.05. The number of rotatable bonds is 4. The number of carboxylic acid groups (broad SMARTS) is 1. The van der Waals surface area contributed by atoms with Crippen LogP contribution in [0.3, 0.4) is 0 Å². The first-order valence-corrected chi connectivity index (χ1v) is 7.32. The fourth-order valence-corrected chi connectivity index (χ4v) is 2.44. The molecule has 122 valence electrons. The van der Waals surface area contributed by atoms with Crippen LogP contribution in [0.2, 0.25) is 5.15 Å². The average molecular weight is 346 g/mol. The molecule has 1 heterocycles. The van der Waals surface area contributed by atoms with Gasteiger partial charge in [0.05, 0.1) is 0 Å². The van der Waals surface area contributed by atoms with Crippen LogP contribution in [0.1, 0.15) is 5.56 Å². The van der Waals surface area contributed by atoms with Crippen LogP contribution in [0, 0.1) is 0 Å². The van der Waals surface area contributed by atoms with E-state index < -0.39 is 17.8 Å². The second kappa shape index (κ2) is 6.64. The number of aromatic nitrogens is 1. The Bertz CT molecular complexity index is 898. The van der Waals surface area contributed by atoms with Crippen LogP contribution in [0.15, 0.2) is 48.5 Å². The molecule has 0 radical (unpaired) electrons. The predicted octanol–water partition coefficient (Wildman–Crippen LogP) is 4.23. The minimum atomic E-state index is -1.59. The molecule has 1 aromatic heterocycles. The lowest BCUT2D eigenvalue weighted by atomic mass is 10.1. The molecule has 0 atom stereocenters. The fraction of sp³-hybridized carbons (Fsp3) is 0.0588. The van der Waals surface area contributed by atoms with Gasteiger partial charge in [0.2, 0.25) is 0 Å². The summed E-state index contributed by atoms with van der Waals surface area (Å²) >= 11 is 6.01. The monoisotopic (exact) mass is 345 g/mol. The molecule has 0 spiro atoms. The van der Waals surface area contributed by atoms with Crippen molar-refractivity contribution in [1.29, 1.82) is 0 Å². The number of aromatic hydroxyl groups is 1. The van der Waals surface area contributed by atoms with Crippen molar-refractivity contribution in [3.05, 3.63) is 59.2 Å². The van der Waals surface area contributed by atoms with E-state index >= 15 is 0 Å². The maximum absolute atomic E-state index is 10.7. The number of hydrogen-bond acceptors (Lipinski definition) is 5. The van der Waals surface area contributed by atoms with Gasteiger partial charge in [-0.2, -0.15) is 4.98 Å². The van der Waals surface area contributed by atoms with Crippen molar-refractivity contribution in [2.45, 2.75) is 6.61 Å². The van der Waals surface area contributed by atoms with Gasteiger partial charge in [0.25, 0.3) is 5.88 Å². The molecule has 3 rings (SSSR count). The number of hydrogen-bond donors (Lipinski definition) is 2. The fourth-order valence-electron chi connectivity index (χ4n) is 2.20. The molecule has 0 amide bonds. The maximum Gasteiger partial charge on any atom is 0.512 e. The van der Waals surface area contributed by atoms with E-state index in [1.54, 1.807) is 18.2 Å². The van der Waals surface area contributed by atoms with Crippen LogP contribution in [0.4, 0.5) is 4.79 Å². The van der Waals surface area contributed by atoms with Crippen molar-refractivity contribution >= 4 is 28.5 Å². The maximum atomic E-state index is 10.7. The molecule has 2 N–H and O–H groups in total. The first kappa shape index (κ1) is 15.9. The van der Waals surface area contributed by atoms with Crippen molar-refractivity contribution in [2.75, 3.05) is 0 Å². The quantitative estimate of drug-likeness (QED) is 0.543. The molecule has 0 saturated carbocycles. The largest absolute Gasteiger partial charge is 0.512 e. The van der Waals surface area contributed by atoms with Crippen molar-refractivity contribution < 1.29 is 24.5 Å². The highest BCUT2D eigenvalue weighted by molar-refractivity contribution is 6.34. The van der Waals surface area contributed by atoms with Crippen LogP contribution in [0.25, 0.3) is 10.8 Å².